The van der Waals surface area contributed by atoms with Crippen LogP contribution < -0.4 is 5.32 Å². The number of hydrogen-bond donors (Lipinski definition) is 1. The first-order chi connectivity index (χ1) is 5.70. The van der Waals surface area contributed by atoms with Crippen LogP contribution in [0.5, 0.6) is 0 Å². The van der Waals surface area contributed by atoms with Crippen molar-refractivity contribution >= 4 is 6.03 Å². The third-order valence-corrected chi connectivity index (χ3v) is 1.39. The summed E-state index contributed by atoms with van der Waals surface area (Å²) >= 11 is 0. The molecule has 0 aliphatic heterocycles. The van der Waals surface area contributed by atoms with Gasteiger partial charge in [-0.05, 0) is 19.9 Å². The van der Waals surface area contributed by atoms with E-state index in [1.54, 1.807) is 0 Å². The van der Waals surface area contributed by atoms with Crippen LogP contribution in [0.2, 0.25) is 0 Å². The second-order valence-electron chi connectivity index (χ2n) is 2.36. The number of urea groups is 1. The Kier molecular flexibility index (Phi) is 11.7. The van der Waals surface area contributed by atoms with Crippen molar-refractivity contribution in [2.75, 3.05) is 6.54 Å². The van der Waals surface area contributed by atoms with Crippen molar-refractivity contribution < 1.29 is 37.5 Å². The number of nitrogens with one attached hydrogen (secondary N) is 2. The first-order valence-electron chi connectivity index (χ1n) is 4.01. The molecule has 0 saturated carbocycles. The summed E-state index contributed by atoms with van der Waals surface area (Å²) in [4.78, 5) is 10.2. The molecule has 0 spiro atoms. The van der Waals surface area contributed by atoms with E-state index in [2.05, 4.69) is 5.32 Å². The largest absolute Gasteiger partial charge is 0.447 e. The molecule has 0 aromatic carbocycles. The molecule has 4 heteroatoms. The van der Waals surface area contributed by atoms with Crippen LogP contribution in [-0.2, 0) is 32.7 Å². The molecule has 0 heterocycles. The topological polar surface area (TPSA) is 52.9 Å². The molecule has 1 radical (unpaired) electrons. The Hall–Kier alpha value is -0.146. The molecule has 0 aliphatic rings. The maximum atomic E-state index is 10.2. The average molecular weight is 256 g/mol. The van der Waals surface area contributed by atoms with Gasteiger partial charge in [0.25, 0.3) is 0 Å². The van der Waals surface area contributed by atoms with E-state index in [1.165, 1.54) is 0 Å². The van der Waals surface area contributed by atoms with Crippen LogP contribution in [0.4, 0.5) is 4.79 Å². The first kappa shape index (κ1) is 15.3. The summed E-state index contributed by atoms with van der Waals surface area (Å²) in [5.74, 6) is 0. The Labute approximate surface area is 105 Å². The van der Waals surface area contributed by atoms with E-state index in [0.29, 0.717) is 6.54 Å². The fourth-order valence-electron chi connectivity index (χ4n) is 0.709. The normalized spacial score (nSPS) is 11.1. The van der Waals surface area contributed by atoms with E-state index in [4.69, 9.17) is 5.73 Å². The summed E-state index contributed by atoms with van der Waals surface area (Å²) < 4.78 is 0. The molecule has 0 bridgehead atoms. The predicted molar refractivity (Wildman–Crippen MR) is 50.9 cm³/mol. The molecule has 0 rings (SSSR count). The van der Waals surface area contributed by atoms with Crippen LogP contribution in [-0.4, -0.2) is 12.6 Å². The SMILES string of the molecule is C/C=C(\C=C/CC)CNC([NH-])=O.[Y]. The molecule has 2 amide bonds. The van der Waals surface area contributed by atoms with Crippen LogP contribution in [0.25, 0.3) is 5.73 Å². The monoisotopic (exact) mass is 256 g/mol. The summed E-state index contributed by atoms with van der Waals surface area (Å²) in [5.41, 5.74) is 7.65. The third-order valence-electron chi connectivity index (χ3n) is 1.39. The van der Waals surface area contributed by atoms with Crippen molar-refractivity contribution in [3.8, 4) is 0 Å². The van der Waals surface area contributed by atoms with Gasteiger partial charge in [-0.25, -0.2) is 0 Å². The van der Waals surface area contributed by atoms with Gasteiger partial charge in [0.05, 0.1) is 0 Å². The van der Waals surface area contributed by atoms with E-state index < -0.39 is 6.03 Å². The van der Waals surface area contributed by atoms with E-state index in [1.807, 2.05) is 32.1 Å². The molecule has 0 aromatic heterocycles. The van der Waals surface area contributed by atoms with Crippen LogP contribution in [0.15, 0.2) is 23.8 Å². The van der Waals surface area contributed by atoms with Gasteiger partial charge in [-0.1, -0.05) is 30.7 Å². The van der Waals surface area contributed by atoms with Crippen LogP contribution in [0.1, 0.15) is 20.3 Å². The minimum atomic E-state index is -0.737. The van der Waals surface area contributed by atoms with Crippen LogP contribution in [0.3, 0.4) is 0 Å². The van der Waals surface area contributed by atoms with Gasteiger partial charge in [-0.3, -0.25) is 4.79 Å². The number of hydrogen-bond acceptors (Lipinski definition) is 1. The van der Waals surface area contributed by atoms with Gasteiger partial charge in [0, 0.05) is 32.7 Å². The van der Waals surface area contributed by atoms with Crippen LogP contribution >= 0.6 is 0 Å². The van der Waals surface area contributed by atoms with E-state index >= 15 is 0 Å². The minimum absolute atomic E-state index is 0. The first-order valence-corrected chi connectivity index (χ1v) is 4.01. The van der Waals surface area contributed by atoms with Crippen molar-refractivity contribution in [2.24, 2.45) is 0 Å². The Balaban J connectivity index is 0. The predicted octanol–water partition coefficient (Wildman–Crippen LogP) is 2.66. The molecule has 0 aromatic rings. The second-order valence-corrected chi connectivity index (χ2v) is 2.36. The molecule has 13 heavy (non-hydrogen) atoms. The second kappa shape index (κ2) is 9.94. The molecule has 71 valence electrons. The zero-order valence-corrected chi connectivity index (χ0v) is 11.0. The number of amides is 2. The van der Waals surface area contributed by atoms with E-state index in [0.717, 1.165) is 12.0 Å². The number of carbonyl (C=O) groups is 1. The van der Waals surface area contributed by atoms with Gasteiger partial charge in [-0.15, -0.1) is 0 Å². The summed E-state index contributed by atoms with van der Waals surface area (Å²) in [7, 11) is 0. The summed E-state index contributed by atoms with van der Waals surface area (Å²) in [6.07, 6.45) is 6.87. The van der Waals surface area contributed by atoms with E-state index in [9.17, 15) is 4.79 Å². The van der Waals surface area contributed by atoms with Gasteiger partial charge in [0.1, 0.15) is 6.03 Å². The van der Waals surface area contributed by atoms with Crippen molar-refractivity contribution in [3.05, 3.63) is 29.5 Å². The summed E-state index contributed by atoms with van der Waals surface area (Å²) in [6.45, 7) is 4.40. The number of rotatable bonds is 4. The number of allylic oxidation sites excluding steroid dienone is 2. The standard InChI is InChI=1S/C9H16N2O.Y/c1-3-5-6-8(4-2)7-11-9(10)12;/h4-6H,3,7H2,1-2H3,(H3,10,11,12);/p-1/b6-5-,8-4+;. The zero-order valence-electron chi connectivity index (χ0n) is 8.13. The minimum Gasteiger partial charge on any atom is -0.447 e. The van der Waals surface area contributed by atoms with Crippen molar-refractivity contribution in [1.82, 2.24) is 5.32 Å². The Bertz CT molecular complexity index is 200. The van der Waals surface area contributed by atoms with Gasteiger partial charge in [0.2, 0.25) is 0 Å². The molecule has 0 saturated heterocycles. The van der Waals surface area contributed by atoms with Crippen molar-refractivity contribution in [2.45, 2.75) is 20.3 Å². The fraction of sp³-hybridized carbons (Fsp3) is 0.444. The number of carbonyl (C=O) groups excluding carboxylic acids is 1. The quantitative estimate of drug-likeness (QED) is 0.772. The maximum absolute atomic E-state index is 10.2. The van der Waals surface area contributed by atoms with Crippen molar-refractivity contribution in [3.63, 3.8) is 0 Å². The smallest absolute Gasteiger partial charge is 0.150 e. The average Bonchev–Trinajstić information content (AvgIpc) is 2.05. The molecular formula is C9H15N2OY-. The summed E-state index contributed by atoms with van der Waals surface area (Å²) in [5, 5.41) is 2.41. The molecule has 0 atom stereocenters. The Morgan fingerprint density at radius 3 is 2.54 bits per heavy atom. The Morgan fingerprint density at radius 1 is 1.54 bits per heavy atom. The molecule has 0 aliphatic carbocycles. The van der Waals surface area contributed by atoms with Gasteiger partial charge >= 0.3 is 0 Å². The molecule has 2 N–H and O–H groups in total. The third kappa shape index (κ3) is 9.77. The summed E-state index contributed by atoms with van der Waals surface area (Å²) in [6, 6.07) is -0.737. The zero-order chi connectivity index (χ0) is 9.40. The molecule has 3 nitrogen and oxygen atoms in total. The maximum Gasteiger partial charge on any atom is 0.150 e. The molecule has 0 unspecified atom stereocenters. The Morgan fingerprint density at radius 2 is 2.15 bits per heavy atom. The van der Waals surface area contributed by atoms with E-state index in [-0.39, 0.29) is 32.7 Å². The van der Waals surface area contributed by atoms with Crippen molar-refractivity contribution in [1.29, 1.82) is 0 Å². The van der Waals surface area contributed by atoms with Crippen LogP contribution in [0, 0.1) is 0 Å². The van der Waals surface area contributed by atoms with Gasteiger partial charge in [-0.2, -0.15) is 0 Å². The van der Waals surface area contributed by atoms with Gasteiger partial charge in [0.15, 0.2) is 0 Å². The van der Waals surface area contributed by atoms with Gasteiger partial charge < -0.3 is 11.1 Å². The fourth-order valence-corrected chi connectivity index (χ4v) is 0.709. The molecular weight excluding hydrogens is 241 g/mol. The molecule has 0 fully saturated rings.